The smallest absolute Gasteiger partial charge is 0.335 e. The number of carboxylic acid groups (broad SMARTS) is 1. The van der Waals surface area contributed by atoms with Crippen LogP contribution in [0.3, 0.4) is 0 Å². The maximum absolute atomic E-state index is 13.7. The fraction of sp³-hybridized carbons (Fsp3) is 0.125. The van der Waals surface area contributed by atoms with E-state index in [0.717, 1.165) is 6.07 Å². The van der Waals surface area contributed by atoms with E-state index < -0.39 is 11.8 Å². The second-order valence-electron chi connectivity index (χ2n) is 4.49. The average Bonchev–Trinajstić information content (AvgIpc) is 2.46. The molecule has 0 fully saturated rings. The van der Waals surface area contributed by atoms with Crippen LogP contribution < -0.4 is 4.74 Å². The maximum Gasteiger partial charge on any atom is 0.335 e. The van der Waals surface area contributed by atoms with Crippen molar-refractivity contribution in [3.8, 4) is 11.8 Å². The van der Waals surface area contributed by atoms with Gasteiger partial charge in [0, 0.05) is 5.56 Å². The molecule has 2 aromatic rings. The van der Waals surface area contributed by atoms with E-state index in [1.165, 1.54) is 24.3 Å². The third-order valence-electron chi connectivity index (χ3n) is 2.99. The van der Waals surface area contributed by atoms with E-state index in [1.54, 1.807) is 13.0 Å². The summed E-state index contributed by atoms with van der Waals surface area (Å²) in [5.74, 6) is -1.03. The molecule has 2 rings (SSSR count). The van der Waals surface area contributed by atoms with Gasteiger partial charge in [-0.2, -0.15) is 5.26 Å². The van der Waals surface area contributed by atoms with Gasteiger partial charge in [-0.05, 0) is 42.8 Å². The van der Waals surface area contributed by atoms with Gasteiger partial charge >= 0.3 is 5.97 Å². The lowest BCUT2D eigenvalue weighted by Crippen LogP contribution is -2.02. The Morgan fingerprint density at radius 3 is 2.67 bits per heavy atom. The fourth-order valence-electron chi connectivity index (χ4n) is 1.83. The summed E-state index contributed by atoms with van der Waals surface area (Å²) in [5.41, 5.74) is 1.40. The Labute approximate surface area is 121 Å². The quantitative estimate of drug-likeness (QED) is 0.935. The summed E-state index contributed by atoms with van der Waals surface area (Å²) in [6.07, 6.45) is 0. The number of halogens is 1. The van der Waals surface area contributed by atoms with E-state index in [1.807, 2.05) is 6.07 Å². The van der Waals surface area contributed by atoms with Gasteiger partial charge in [0.05, 0.1) is 17.2 Å². The number of nitrogens with zero attached hydrogens (tertiary/aromatic N) is 1. The third-order valence-corrected chi connectivity index (χ3v) is 2.99. The highest BCUT2D eigenvalue weighted by Crippen LogP contribution is 2.21. The van der Waals surface area contributed by atoms with E-state index in [2.05, 4.69) is 0 Å². The molecule has 1 N–H and O–H groups in total. The van der Waals surface area contributed by atoms with Crippen molar-refractivity contribution >= 4 is 5.97 Å². The minimum atomic E-state index is -1.01. The summed E-state index contributed by atoms with van der Waals surface area (Å²) in [7, 11) is 0. The summed E-state index contributed by atoms with van der Waals surface area (Å²) in [4.78, 5) is 10.8. The van der Waals surface area contributed by atoms with Crippen molar-refractivity contribution in [2.45, 2.75) is 13.5 Å². The molecular formula is C16H12FNO3. The number of carboxylic acids is 1. The molecule has 0 aliphatic heterocycles. The molecule has 5 heteroatoms. The molecule has 0 saturated carbocycles. The van der Waals surface area contributed by atoms with Gasteiger partial charge in [0.2, 0.25) is 0 Å². The van der Waals surface area contributed by atoms with E-state index in [-0.39, 0.29) is 17.7 Å². The summed E-state index contributed by atoms with van der Waals surface area (Å²) < 4.78 is 19.2. The number of hydrogen-bond donors (Lipinski definition) is 1. The predicted molar refractivity (Wildman–Crippen MR) is 73.6 cm³/mol. The van der Waals surface area contributed by atoms with E-state index in [0.29, 0.717) is 16.9 Å². The summed E-state index contributed by atoms with van der Waals surface area (Å²) >= 11 is 0. The van der Waals surface area contributed by atoms with Crippen LogP contribution in [-0.2, 0) is 6.61 Å². The van der Waals surface area contributed by atoms with Crippen molar-refractivity contribution < 1.29 is 19.0 Å². The van der Waals surface area contributed by atoms with Crippen LogP contribution in [0.4, 0.5) is 4.39 Å². The van der Waals surface area contributed by atoms with Crippen LogP contribution in [0.1, 0.15) is 27.0 Å². The number of rotatable bonds is 4. The largest absolute Gasteiger partial charge is 0.489 e. The first kappa shape index (κ1) is 14.5. The van der Waals surface area contributed by atoms with Gasteiger partial charge in [0.25, 0.3) is 0 Å². The van der Waals surface area contributed by atoms with Gasteiger partial charge in [0.15, 0.2) is 0 Å². The Kier molecular flexibility index (Phi) is 4.19. The van der Waals surface area contributed by atoms with Gasteiger partial charge in [-0.1, -0.05) is 6.07 Å². The molecular weight excluding hydrogens is 273 g/mol. The molecule has 106 valence electrons. The highest BCUT2D eigenvalue weighted by atomic mass is 19.1. The lowest BCUT2D eigenvalue weighted by atomic mass is 10.1. The Morgan fingerprint density at radius 1 is 1.33 bits per heavy atom. The molecule has 0 heterocycles. The number of hydrogen-bond acceptors (Lipinski definition) is 3. The minimum Gasteiger partial charge on any atom is -0.489 e. The van der Waals surface area contributed by atoms with Crippen LogP contribution in [0.25, 0.3) is 0 Å². The zero-order valence-electron chi connectivity index (χ0n) is 11.3. The highest BCUT2D eigenvalue weighted by Gasteiger charge is 2.08. The molecule has 2 aromatic carbocycles. The first-order chi connectivity index (χ1) is 10.0. The van der Waals surface area contributed by atoms with Crippen LogP contribution in [0.15, 0.2) is 36.4 Å². The van der Waals surface area contributed by atoms with Crippen molar-refractivity contribution in [3.63, 3.8) is 0 Å². The summed E-state index contributed by atoms with van der Waals surface area (Å²) in [6, 6.07) is 10.5. The Balaban J connectivity index is 2.13. The van der Waals surface area contributed by atoms with Crippen molar-refractivity contribution in [1.82, 2.24) is 0 Å². The Hall–Kier alpha value is -2.87. The molecule has 0 bridgehead atoms. The molecule has 0 amide bonds. The molecule has 0 aliphatic rings. The summed E-state index contributed by atoms with van der Waals surface area (Å²) in [5, 5.41) is 17.5. The number of aromatic carboxylic acids is 1. The minimum absolute atomic E-state index is 0.00476. The number of benzene rings is 2. The van der Waals surface area contributed by atoms with E-state index in [4.69, 9.17) is 15.1 Å². The second-order valence-corrected chi connectivity index (χ2v) is 4.49. The third kappa shape index (κ3) is 3.37. The molecule has 0 aromatic heterocycles. The van der Waals surface area contributed by atoms with Gasteiger partial charge in [-0.3, -0.25) is 0 Å². The van der Waals surface area contributed by atoms with Crippen LogP contribution in [0.5, 0.6) is 5.75 Å². The van der Waals surface area contributed by atoms with Crippen molar-refractivity contribution in [2.75, 3.05) is 0 Å². The van der Waals surface area contributed by atoms with E-state index in [9.17, 15) is 9.18 Å². The summed E-state index contributed by atoms with van der Waals surface area (Å²) in [6.45, 7) is 1.72. The molecule has 0 saturated heterocycles. The number of nitriles is 1. The van der Waals surface area contributed by atoms with Crippen LogP contribution in [0, 0.1) is 24.1 Å². The average molecular weight is 285 g/mol. The van der Waals surface area contributed by atoms with Crippen LogP contribution >= 0.6 is 0 Å². The van der Waals surface area contributed by atoms with Crippen molar-refractivity contribution in [3.05, 3.63) is 64.5 Å². The van der Waals surface area contributed by atoms with Crippen molar-refractivity contribution in [1.29, 1.82) is 5.26 Å². The Bertz CT molecular complexity index is 735. The number of ether oxygens (including phenoxy) is 1. The van der Waals surface area contributed by atoms with E-state index >= 15 is 0 Å². The first-order valence-corrected chi connectivity index (χ1v) is 6.16. The van der Waals surface area contributed by atoms with Crippen LogP contribution in [-0.4, -0.2) is 11.1 Å². The van der Waals surface area contributed by atoms with Crippen LogP contribution in [0.2, 0.25) is 0 Å². The standard InChI is InChI=1S/C16H12FNO3/c1-10-6-12(16(19)20)4-5-15(10)21-9-13-3-2-11(8-18)7-14(13)17/h2-7H,9H2,1H3,(H,19,20). The lowest BCUT2D eigenvalue weighted by Gasteiger charge is -2.10. The zero-order chi connectivity index (χ0) is 15.4. The molecule has 0 unspecified atom stereocenters. The maximum atomic E-state index is 13.7. The molecule has 4 nitrogen and oxygen atoms in total. The first-order valence-electron chi connectivity index (χ1n) is 6.16. The van der Waals surface area contributed by atoms with Gasteiger partial charge in [-0.15, -0.1) is 0 Å². The fourth-order valence-corrected chi connectivity index (χ4v) is 1.83. The van der Waals surface area contributed by atoms with Gasteiger partial charge < -0.3 is 9.84 Å². The monoisotopic (exact) mass is 285 g/mol. The normalized spacial score (nSPS) is 9.95. The SMILES string of the molecule is Cc1cc(C(=O)O)ccc1OCc1ccc(C#N)cc1F. The topological polar surface area (TPSA) is 70.3 Å². The molecule has 0 radical (unpaired) electrons. The number of carbonyl (C=O) groups is 1. The Morgan fingerprint density at radius 2 is 2.10 bits per heavy atom. The van der Waals surface area contributed by atoms with Crippen molar-refractivity contribution in [2.24, 2.45) is 0 Å². The molecule has 0 aliphatic carbocycles. The van der Waals surface area contributed by atoms with Gasteiger partial charge in [-0.25, -0.2) is 9.18 Å². The predicted octanol–water partition coefficient (Wildman–Crippen LogP) is 3.28. The number of aryl methyl sites for hydroxylation is 1. The molecule has 0 atom stereocenters. The molecule has 0 spiro atoms. The zero-order valence-corrected chi connectivity index (χ0v) is 11.3. The van der Waals surface area contributed by atoms with Gasteiger partial charge in [0.1, 0.15) is 18.2 Å². The lowest BCUT2D eigenvalue weighted by molar-refractivity contribution is 0.0696. The molecule has 21 heavy (non-hydrogen) atoms. The highest BCUT2D eigenvalue weighted by molar-refractivity contribution is 5.88. The second kappa shape index (κ2) is 6.06.